The lowest BCUT2D eigenvalue weighted by atomic mass is 9.95. The van der Waals surface area contributed by atoms with Crippen LogP contribution in [0.15, 0.2) is 53.4 Å². The zero-order valence-corrected chi connectivity index (χ0v) is 19.9. The normalized spacial score (nSPS) is 17.5. The van der Waals surface area contributed by atoms with Gasteiger partial charge in [-0.1, -0.05) is 0 Å². The molecule has 2 N–H and O–H groups in total. The van der Waals surface area contributed by atoms with E-state index < -0.39 is 0 Å². The summed E-state index contributed by atoms with van der Waals surface area (Å²) in [4.78, 5) is 28.7. The number of nitrogens with one attached hydrogen (secondary N) is 2. The van der Waals surface area contributed by atoms with E-state index in [1.807, 2.05) is 15.4 Å². The Bertz CT molecular complexity index is 1350. The van der Waals surface area contributed by atoms with E-state index in [0.29, 0.717) is 29.1 Å². The number of imidazole rings is 1. The van der Waals surface area contributed by atoms with Crippen molar-refractivity contribution in [2.24, 2.45) is 5.92 Å². The third kappa shape index (κ3) is 4.44. The molecule has 0 radical (unpaired) electrons. The third-order valence-corrected chi connectivity index (χ3v) is 7.11. The van der Waals surface area contributed by atoms with Gasteiger partial charge in [-0.2, -0.15) is 4.98 Å². The fourth-order valence-corrected chi connectivity index (χ4v) is 5.15. The Hall–Kier alpha value is -3.79. The maximum Gasteiger partial charge on any atom is 0.306 e. The molecular formula is C26H28FN7O2. The summed E-state index contributed by atoms with van der Waals surface area (Å²) >= 11 is 0. The molecule has 2 fully saturated rings. The number of carbonyl (C=O) groups excluding carboxylic acids is 1. The number of piperidine rings is 2. The van der Waals surface area contributed by atoms with Crippen LogP contribution in [0.2, 0.25) is 0 Å². The average Bonchev–Trinajstić information content (AvgIpc) is 3.52. The summed E-state index contributed by atoms with van der Waals surface area (Å²) in [7, 11) is 0. The molecule has 0 atom stereocenters. The van der Waals surface area contributed by atoms with Crippen LogP contribution in [0.4, 0.5) is 10.3 Å². The van der Waals surface area contributed by atoms with Gasteiger partial charge in [0, 0.05) is 43.0 Å². The van der Waals surface area contributed by atoms with Gasteiger partial charge < -0.3 is 20.0 Å². The first-order chi connectivity index (χ1) is 17.7. The largest absolute Gasteiger partial charge is 0.432 e. The number of hydrogen-bond donors (Lipinski definition) is 2. The maximum absolute atomic E-state index is 13.5. The topological polar surface area (TPSA) is 101 Å². The second-order valence-electron chi connectivity index (χ2n) is 9.41. The number of oxazole rings is 1. The number of nitrogens with zero attached hydrogens (tertiary/aromatic N) is 5. The number of aromatic nitrogens is 4. The van der Waals surface area contributed by atoms with E-state index in [-0.39, 0.29) is 17.8 Å². The number of amides is 1. The molecule has 1 aromatic carbocycles. The van der Waals surface area contributed by atoms with Crippen molar-refractivity contribution in [3.63, 3.8) is 0 Å². The van der Waals surface area contributed by atoms with Crippen LogP contribution in [-0.2, 0) is 4.79 Å². The number of anilines is 1. The summed E-state index contributed by atoms with van der Waals surface area (Å²) in [5, 5.41) is 6.78. The molecule has 6 rings (SSSR count). The Balaban J connectivity index is 1.19. The van der Waals surface area contributed by atoms with Crippen molar-refractivity contribution in [2.75, 3.05) is 31.5 Å². The van der Waals surface area contributed by atoms with Crippen molar-refractivity contribution < 1.29 is 13.6 Å². The van der Waals surface area contributed by atoms with Gasteiger partial charge in [-0.3, -0.25) is 9.20 Å². The van der Waals surface area contributed by atoms with E-state index in [2.05, 4.69) is 20.6 Å². The lowest BCUT2D eigenvalue weighted by Gasteiger charge is -2.35. The van der Waals surface area contributed by atoms with Gasteiger partial charge in [-0.15, -0.1) is 0 Å². The molecule has 186 valence electrons. The number of halogens is 1. The first kappa shape index (κ1) is 22.7. The minimum atomic E-state index is -0.305. The first-order valence-corrected chi connectivity index (χ1v) is 12.5. The van der Waals surface area contributed by atoms with Gasteiger partial charge in [0.15, 0.2) is 0 Å². The molecule has 4 aromatic rings. The number of hydrogen-bond acceptors (Lipinski definition) is 7. The standard InChI is InChI=1S/C26H28FN7O2/c27-19-3-1-17(2-4-19)22-23(34-15-16-36-26(34)32-22)21-7-12-29-25(31-21)30-20-8-13-33(14-9-20)24(35)18-5-10-28-11-6-18/h1-4,7,12,15-16,18,20,28H,5-6,8-11,13-14H2,(H,29,30,31). The number of likely N-dealkylation sites (tertiary alicyclic amines) is 1. The van der Waals surface area contributed by atoms with Crippen molar-refractivity contribution in [3.05, 3.63) is 54.8 Å². The highest BCUT2D eigenvalue weighted by Gasteiger charge is 2.29. The molecule has 0 spiro atoms. The molecule has 0 saturated carbocycles. The summed E-state index contributed by atoms with van der Waals surface area (Å²) in [5.41, 5.74) is 2.85. The Morgan fingerprint density at radius 1 is 1.06 bits per heavy atom. The predicted octanol–water partition coefficient (Wildman–Crippen LogP) is 3.59. The minimum absolute atomic E-state index is 0.154. The Morgan fingerprint density at radius 2 is 1.83 bits per heavy atom. The van der Waals surface area contributed by atoms with Gasteiger partial charge in [-0.05, 0) is 69.1 Å². The van der Waals surface area contributed by atoms with Crippen molar-refractivity contribution >= 4 is 17.7 Å². The van der Waals surface area contributed by atoms with Crippen LogP contribution >= 0.6 is 0 Å². The van der Waals surface area contributed by atoms with Gasteiger partial charge >= 0.3 is 5.84 Å². The fourth-order valence-electron chi connectivity index (χ4n) is 5.15. The molecule has 5 heterocycles. The highest BCUT2D eigenvalue weighted by atomic mass is 19.1. The van der Waals surface area contributed by atoms with Crippen LogP contribution in [0.5, 0.6) is 0 Å². The smallest absolute Gasteiger partial charge is 0.306 e. The second-order valence-corrected chi connectivity index (χ2v) is 9.41. The van der Waals surface area contributed by atoms with Gasteiger partial charge in [0.25, 0.3) is 0 Å². The predicted molar refractivity (Wildman–Crippen MR) is 133 cm³/mol. The van der Waals surface area contributed by atoms with Crippen LogP contribution in [0, 0.1) is 11.7 Å². The minimum Gasteiger partial charge on any atom is -0.432 e. The van der Waals surface area contributed by atoms with Gasteiger partial charge in [0.2, 0.25) is 11.9 Å². The van der Waals surface area contributed by atoms with E-state index in [9.17, 15) is 9.18 Å². The number of benzene rings is 1. The lowest BCUT2D eigenvalue weighted by molar-refractivity contribution is -0.137. The number of rotatable bonds is 5. The third-order valence-electron chi connectivity index (χ3n) is 7.11. The van der Waals surface area contributed by atoms with Crippen LogP contribution in [0.1, 0.15) is 25.7 Å². The number of fused-ring (bicyclic) bond motifs is 1. The molecule has 36 heavy (non-hydrogen) atoms. The highest BCUT2D eigenvalue weighted by Crippen LogP contribution is 2.32. The molecule has 0 unspecified atom stereocenters. The van der Waals surface area contributed by atoms with E-state index in [4.69, 9.17) is 9.40 Å². The SMILES string of the molecule is O=C(C1CCNCC1)N1CCC(Nc2nccc(-c3c(-c4ccc(F)cc4)nc4occn34)n2)CC1. The van der Waals surface area contributed by atoms with Crippen LogP contribution < -0.4 is 10.6 Å². The molecular weight excluding hydrogens is 461 g/mol. The van der Waals surface area contributed by atoms with E-state index in [1.54, 1.807) is 30.8 Å². The molecule has 2 aliphatic heterocycles. The van der Waals surface area contributed by atoms with Crippen molar-refractivity contribution in [1.82, 2.24) is 29.6 Å². The van der Waals surface area contributed by atoms with Crippen LogP contribution in [-0.4, -0.2) is 62.4 Å². The van der Waals surface area contributed by atoms with Crippen molar-refractivity contribution in [1.29, 1.82) is 0 Å². The van der Waals surface area contributed by atoms with Gasteiger partial charge in [0.1, 0.15) is 23.5 Å². The maximum atomic E-state index is 13.5. The monoisotopic (exact) mass is 489 g/mol. The molecule has 3 aromatic heterocycles. The molecule has 2 saturated heterocycles. The molecule has 0 aliphatic carbocycles. The van der Waals surface area contributed by atoms with Crippen molar-refractivity contribution in [3.8, 4) is 22.6 Å². The van der Waals surface area contributed by atoms with Gasteiger partial charge in [-0.25, -0.2) is 14.4 Å². The molecule has 2 aliphatic rings. The zero-order valence-electron chi connectivity index (χ0n) is 19.9. The first-order valence-electron chi connectivity index (χ1n) is 12.5. The molecule has 9 nitrogen and oxygen atoms in total. The van der Waals surface area contributed by atoms with Crippen LogP contribution in [0.3, 0.4) is 0 Å². The van der Waals surface area contributed by atoms with Crippen molar-refractivity contribution in [2.45, 2.75) is 31.7 Å². The highest BCUT2D eigenvalue weighted by molar-refractivity contribution is 5.80. The summed E-state index contributed by atoms with van der Waals surface area (Å²) in [6.07, 6.45) is 8.63. The summed E-state index contributed by atoms with van der Waals surface area (Å²) in [5.74, 6) is 1.11. The zero-order chi connectivity index (χ0) is 24.5. The molecule has 0 bridgehead atoms. The second kappa shape index (κ2) is 9.69. The summed E-state index contributed by atoms with van der Waals surface area (Å²) in [6.45, 7) is 3.33. The Morgan fingerprint density at radius 3 is 2.61 bits per heavy atom. The van der Waals surface area contributed by atoms with E-state index in [1.165, 1.54) is 12.1 Å². The molecule has 1 amide bonds. The number of carbonyl (C=O) groups is 1. The van der Waals surface area contributed by atoms with Crippen LogP contribution in [0.25, 0.3) is 28.5 Å². The Labute approximate surface area is 207 Å². The summed E-state index contributed by atoms with van der Waals surface area (Å²) in [6, 6.07) is 8.23. The van der Waals surface area contributed by atoms with Gasteiger partial charge in [0.05, 0.1) is 5.69 Å². The summed E-state index contributed by atoms with van der Waals surface area (Å²) < 4.78 is 20.9. The fraction of sp³-hybridized carbons (Fsp3) is 0.385. The van der Waals surface area contributed by atoms with E-state index in [0.717, 1.165) is 63.1 Å². The average molecular weight is 490 g/mol. The Kier molecular flexibility index (Phi) is 6.10. The molecule has 10 heteroatoms. The van der Waals surface area contributed by atoms with E-state index >= 15 is 0 Å². The lowest BCUT2D eigenvalue weighted by Crippen LogP contribution is -2.46. The quantitative estimate of drug-likeness (QED) is 0.442.